The Morgan fingerprint density at radius 3 is 2.68 bits per heavy atom. The molecule has 1 N–H and O–H groups in total. The van der Waals surface area contributed by atoms with Gasteiger partial charge in [0.1, 0.15) is 5.82 Å². The highest BCUT2D eigenvalue weighted by Gasteiger charge is 2.13. The molecule has 0 aliphatic rings. The van der Waals surface area contributed by atoms with Gasteiger partial charge in [-0.1, -0.05) is 31.5 Å². The van der Waals surface area contributed by atoms with Crippen LogP contribution in [0.15, 0.2) is 18.2 Å². The van der Waals surface area contributed by atoms with Crippen molar-refractivity contribution in [2.45, 2.75) is 32.1 Å². The van der Waals surface area contributed by atoms with Gasteiger partial charge in [-0.15, -0.1) is 11.6 Å². The summed E-state index contributed by atoms with van der Waals surface area (Å²) in [5.41, 5.74) is 0.219. The Labute approximate surface area is 123 Å². The number of carbonyl (C=O) groups is 1. The van der Waals surface area contributed by atoms with Crippen LogP contribution in [0.1, 0.15) is 25.8 Å². The van der Waals surface area contributed by atoms with E-state index < -0.39 is 5.82 Å². The molecule has 19 heavy (non-hydrogen) atoms. The molecule has 0 heterocycles. The summed E-state index contributed by atoms with van der Waals surface area (Å²) >= 11 is 11.9. The van der Waals surface area contributed by atoms with Gasteiger partial charge in [-0.3, -0.25) is 4.79 Å². The molecule has 1 unspecified atom stereocenters. The van der Waals surface area contributed by atoms with Crippen LogP contribution in [0.5, 0.6) is 0 Å². The Morgan fingerprint density at radius 2 is 2.11 bits per heavy atom. The third-order valence-corrected chi connectivity index (χ3v) is 3.33. The number of amides is 1. The normalized spacial score (nSPS) is 12.5. The van der Waals surface area contributed by atoms with Crippen LogP contribution in [-0.2, 0) is 11.2 Å². The van der Waals surface area contributed by atoms with E-state index >= 15 is 0 Å². The second kappa shape index (κ2) is 7.71. The molecule has 0 aromatic heterocycles. The average Bonchev–Trinajstić information content (AvgIpc) is 2.30. The number of nitrogens with one attached hydrogen (secondary N) is 1. The number of alkyl halides is 1. The first kappa shape index (κ1) is 16.3. The van der Waals surface area contributed by atoms with E-state index in [0.717, 1.165) is 6.42 Å². The van der Waals surface area contributed by atoms with Crippen molar-refractivity contribution in [1.29, 1.82) is 0 Å². The van der Waals surface area contributed by atoms with Crippen LogP contribution >= 0.6 is 23.2 Å². The maximum Gasteiger partial charge on any atom is 0.224 e. The molecule has 0 aliphatic heterocycles. The summed E-state index contributed by atoms with van der Waals surface area (Å²) < 4.78 is 13.5. The first-order valence-electron chi connectivity index (χ1n) is 6.23. The van der Waals surface area contributed by atoms with Crippen molar-refractivity contribution in [3.63, 3.8) is 0 Å². The lowest BCUT2D eigenvalue weighted by atomic mass is 10.1. The van der Waals surface area contributed by atoms with Gasteiger partial charge in [0.15, 0.2) is 0 Å². The van der Waals surface area contributed by atoms with E-state index in [1.54, 1.807) is 6.07 Å². The van der Waals surface area contributed by atoms with Crippen molar-refractivity contribution >= 4 is 29.1 Å². The minimum absolute atomic E-state index is 0.0726. The standard InChI is InChI=1S/C14H18Cl2FNO/c1-9(2)6-10(15)8-18-14(19)7-11-12(16)4-3-5-13(11)17/h3-5,9-10H,6-8H2,1-2H3,(H,18,19). The second-order valence-corrected chi connectivity index (χ2v) is 5.93. The molecular weight excluding hydrogens is 288 g/mol. The molecule has 0 radical (unpaired) electrons. The zero-order valence-corrected chi connectivity index (χ0v) is 12.6. The van der Waals surface area contributed by atoms with Gasteiger partial charge in [0, 0.05) is 17.1 Å². The van der Waals surface area contributed by atoms with E-state index in [1.807, 2.05) is 0 Å². The Hall–Kier alpha value is -0.800. The highest BCUT2D eigenvalue weighted by molar-refractivity contribution is 6.31. The molecule has 1 rings (SSSR count). The van der Waals surface area contributed by atoms with E-state index in [-0.39, 0.29) is 28.3 Å². The van der Waals surface area contributed by atoms with Crippen LogP contribution in [-0.4, -0.2) is 17.8 Å². The molecule has 2 nitrogen and oxygen atoms in total. The maximum absolute atomic E-state index is 13.5. The van der Waals surface area contributed by atoms with Crippen molar-refractivity contribution in [2.75, 3.05) is 6.54 Å². The van der Waals surface area contributed by atoms with Gasteiger partial charge < -0.3 is 5.32 Å². The lowest BCUT2D eigenvalue weighted by Gasteiger charge is -2.13. The molecular formula is C14H18Cl2FNO. The Morgan fingerprint density at radius 1 is 1.42 bits per heavy atom. The number of rotatable bonds is 6. The molecule has 0 saturated carbocycles. The summed E-state index contributed by atoms with van der Waals surface area (Å²) in [4.78, 5) is 11.7. The summed E-state index contributed by atoms with van der Waals surface area (Å²) in [6, 6.07) is 4.37. The molecule has 0 spiro atoms. The van der Waals surface area contributed by atoms with Crippen LogP contribution in [0.4, 0.5) is 4.39 Å². The monoisotopic (exact) mass is 305 g/mol. The first-order valence-corrected chi connectivity index (χ1v) is 7.05. The zero-order valence-electron chi connectivity index (χ0n) is 11.1. The van der Waals surface area contributed by atoms with Gasteiger partial charge in [-0.25, -0.2) is 4.39 Å². The average molecular weight is 306 g/mol. The molecule has 0 aliphatic carbocycles. The second-order valence-electron chi connectivity index (χ2n) is 4.91. The van der Waals surface area contributed by atoms with Crippen LogP contribution in [0.3, 0.4) is 0 Å². The van der Waals surface area contributed by atoms with E-state index in [4.69, 9.17) is 23.2 Å². The first-order chi connectivity index (χ1) is 8.90. The van der Waals surface area contributed by atoms with Crippen LogP contribution in [0.25, 0.3) is 0 Å². The van der Waals surface area contributed by atoms with Crippen LogP contribution < -0.4 is 5.32 Å². The topological polar surface area (TPSA) is 29.1 Å². The third-order valence-electron chi connectivity index (χ3n) is 2.65. The Kier molecular flexibility index (Phi) is 6.59. The Balaban J connectivity index is 2.48. The fourth-order valence-electron chi connectivity index (χ4n) is 1.74. The fraction of sp³-hybridized carbons (Fsp3) is 0.500. The summed E-state index contributed by atoms with van der Waals surface area (Å²) in [6.07, 6.45) is 0.749. The zero-order chi connectivity index (χ0) is 14.4. The molecule has 0 bridgehead atoms. The van der Waals surface area contributed by atoms with Gasteiger partial charge in [0.25, 0.3) is 0 Å². The van der Waals surface area contributed by atoms with Crippen molar-refractivity contribution in [3.8, 4) is 0 Å². The largest absolute Gasteiger partial charge is 0.354 e. The number of benzene rings is 1. The summed E-state index contributed by atoms with van der Waals surface area (Å²) in [5, 5.41) is 2.85. The molecule has 106 valence electrons. The number of carbonyl (C=O) groups excluding carboxylic acids is 1. The predicted molar refractivity (Wildman–Crippen MR) is 77.2 cm³/mol. The van der Waals surface area contributed by atoms with Gasteiger partial charge in [-0.05, 0) is 24.5 Å². The van der Waals surface area contributed by atoms with Crippen molar-refractivity contribution in [3.05, 3.63) is 34.6 Å². The van der Waals surface area contributed by atoms with Crippen LogP contribution in [0.2, 0.25) is 5.02 Å². The van der Waals surface area contributed by atoms with Crippen LogP contribution in [0, 0.1) is 11.7 Å². The quantitative estimate of drug-likeness (QED) is 0.796. The highest BCUT2D eigenvalue weighted by Crippen LogP contribution is 2.19. The van der Waals surface area contributed by atoms with E-state index in [9.17, 15) is 9.18 Å². The summed E-state index contributed by atoms with van der Waals surface area (Å²) in [6.45, 7) is 4.51. The van der Waals surface area contributed by atoms with Gasteiger partial charge in [-0.2, -0.15) is 0 Å². The molecule has 0 saturated heterocycles. The molecule has 5 heteroatoms. The SMILES string of the molecule is CC(C)CC(Cl)CNC(=O)Cc1c(F)cccc1Cl. The maximum atomic E-state index is 13.5. The molecule has 0 fully saturated rings. The fourth-order valence-corrected chi connectivity index (χ4v) is 2.41. The predicted octanol–water partition coefficient (Wildman–Crippen LogP) is 3.79. The van der Waals surface area contributed by atoms with Crippen molar-refractivity contribution in [2.24, 2.45) is 5.92 Å². The molecule has 1 amide bonds. The van der Waals surface area contributed by atoms with E-state index in [0.29, 0.717) is 12.5 Å². The van der Waals surface area contributed by atoms with Gasteiger partial charge >= 0.3 is 0 Å². The van der Waals surface area contributed by atoms with Gasteiger partial charge in [0.2, 0.25) is 5.91 Å². The minimum atomic E-state index is -0.466. The molecule has 1 aromatic carbocycles. The Bertz CT molecular complexity index is 417. The minimum Gasteiger partial charge on any atom is -0.354 e. The van der Waals surface area contributed by atoms with Gasteiger partial charge in [0.05, 0.1) is 11.8 Å². The summed E-state index contributed by atoms with van der Waals surface area (Å²) in [5.74, 6) is -0.269. The van der Waals surface area contributed by atoms with E-state index in [2.05, 4.69) is 19.2 Å². The highest BCUT2D eigenvalue weighted by atomic mass is 35.5. The number of halogens is 3. The summed E-state index contributed by atoms with van der Waals surface area (Å²) in [7, 11) is 0. The van der Waals surface area contributed by atoms with Crippen molar-refractivity contribution < 1.29 is 9.18 Å². The smallest absolute Gasteiger partial charge is 0.224 e. The number of hydrogen-bond acceptors (Lipinski definition) is 1. The lowest BCUT2D eigenvalue weighted by molar-refractivity contribution is -0.120. The van der Waals surface area contributed by atoms with Crippen molar-refractivity contribution in [1.82, 2.24) is 5.32 Å². The molecule has 1 atom stereocenters. The third kappa shape index (κ3) is 5.79. The lowest BCUT2D eigenvalue weighted by Crippen LogP contribution is -2.31. The number of hydrogen-bond donors (Lipinski definition) is 1. The van der Waals surface area contributed by atoms with E-state index in [1.165, 1.54) is 12.1 Å². The molecule has 1 aromatic rings.